The van der Waals surface area contributed by atoms with Crippen molar-refractivity contribution in [1.82, 2.24) is 0 Å². The van der Waals surface area contributed by atoms with Gasteiger partial charge in [-0.15, -0.1) is 0 Å². The van der Waals surface area contributed by atoms with Gasteiger partial charge in [-0.05, 0) is 88.8 Å². The number of benzene rings is 1. The molecule has 1 aliphatic rings. The molecule has 0 aromatic heterocycles. The molecule has 1 fully saturated rings. The van der Waals surface area contributed by atoms with E-state index >= 15 is 0 Å². The molecule has 1 saturated carbocycles. The molecule has 1 aliphatic carbocycles. The molecule has 156 valence electrons. The van der Waals surface area contributed by atoms with Crippen molar-refractivity contribution in [2.24, 2.45) is 10.8 Å². The summed E-state index contributed by atoms with van der Waals surface area (Å²) >= 11 is 0. The van der Waals surface area contributed by atoms with Gasteiger partial charge in [-0.3, -0.25) is 9.59 Å². The summed E-state index contributed by atoms with van der Waals surface area (Å²) in [6.45, 7) is 5.75. The van der Waals surface area contributed by atoms with Crippen LogP contribution in [0.3, 0.4) is 0 Å². The molecule has 0 aliphatic heterocycles. The normalized spacial score (nSPS) is 15.4. The summed E-state index contributed by atoms with van der Waals surface area (Å²) in [7, 11) is 0. The van der Waals surface area contributed by atoms with Crippen molar-refractivity contribution in [1.29, 1.82) is 0 Å². The number of carboxylic acid groups (broad SMARTS) is 2. The Hall–Kier alpha value is -1.84. The Morgan fingerprint density at radius 2 is 1.68 bits per heavy atom. The average Bonchev–Trinajstić information content (AvgIpc) is 3.41. The molecule has 0 spiro atoms. The van der Waals surface area contributed by atoms with Crippen molar-refractivity contribution < 1.29 is 19.8 Å². The summed E-state index contributed by atoms with van der Waals surface area (Å²) < 4.78 is 0. The highest BCUT2D eigenvalue weighted by Crippen LogP contribution is 2.50. The SMILES string of the molecule is Cc1cccc(CCCCCC2(C(=O)O)CC2)c1CCCCC(C)(C)C(=O)O. The fraction of sp³-hybridized carbons (Fsp3) is 0.667. The molecule has 28 heavy (non-hydrogen) atoms. The molecule has 1 aromatic carbocycles. The molecule has 1 aromatic rings. The Kier molecular flexibility index (Phi) is 7.68. The van der Waals surface area contributed by atoms with Gasteiger partial charge in [0, 0.05) is 0 Å². The van der Waals surface area contributed by atoms with Crippen LogP contribution in [-0.2, 0) is 22.4 Å². The third-order valence-electron chi connectivity index (χ3n) is 6.47. The van der Waals surface area contributed by atoms with Crippen LogP contribution in [0.2, 0.25) is 0 Å². The van der Waals surface area contributed by atoms with E-state index in [2.05, 4.69) is 25.1 Å². The van der Waals surface area contributed by atoms with Gasteiger partial charge in [0.15, 0.2) is 0 Å². The Morgan fingerprint density at radius 3 is 2.29 bits per heavy atom. The molecule has 2 N–H and O–H groups in total. The number of rotatable bonds is 13. The zero-order valence-electron chi connectivity index (χ0n) is 17.7. The maximum atomic E-state index is 11.2. The van der Waals surface area contributed by atoms with E-state index in [0.717, 1.165) is 64.2 Å². The van der Waals surface area contributed by atoms with Crippen LogP contribution in [0.4, 0.5) is 0 Å². The van der Waals surface area contributed by atoms with Gasteiger partial charge in [0.1, 0.15) is 0 Å². The van der Waals surface area contributed by atoms with Crippen molar-refractivity contribution >= 4 is 11.9 Å². The van der Waals surface area contributed by atoms with Gasteiger partial charge >= 0.3 is 11.9 Å². The number of aliphatic carboxylic acids is 2. The van der Waals surface area contributed by atoms with E-state index in [1.807, 2.05) is 0 Å². The van der Waals surface area contributed by atoms with Gasteiger partial charge in [-0.1, -0.05) is 37.5 Å². The number of hydrogen-bond donors (Lipinski definition) is 2. The van der Waals surface area contributed by atoms with Crippen molar-refractivity contribution in [3.8, 4) is 0 Å². The fourth-order valence-corrected chi connectivity index (χ4v) is 4.01. The number of carbonyl (C=O) groups is 2. The summed E-state index contributed by atoms with van der Waals surface area (Å²) in [4.78, 5) is 22.5. The Bertz CT molecular complexity index is 686. The van der Waals surface area contributed by atoms with Gasteiger partial charge in [0.2, 0.25) is 0 Å². The highest BCUT2D eigenvalue weighted by atomic mass is 16.4. The first-order chi connectivity index (χ1) is 13.2. The van der Waals surface area contributed by atoms with Crippen molar-refractivity contribution in [3.63, 3.8) is 0 Å². The lowest BCUT2D eigenvalue weighted by Gasteiger charge is -2.19. The zero-order chi connectivity index (χ0) is 20.8. The second-order valence-electron chi connectivity index (χ2n) is 9.25. The van der Waals surface area contributed by atoms with E-state index < -0.39 is 22.8 Å². The lowest BCUT2D eigenvalue weighted by atomic mass is 9.86. The fourth-order valence-electron chi connectivity index (χ4n) is 4.01. The maximum absolute atomic E-state index is 11.2. The standard InChI is InChI=1S/C24H36O4/c1-18-10-9-12-19(11-5-4-7-15-24(16-17-24)22(27)28)20(18)13-6-8-14-23(2,3)21(25)26/h9-10,12H,4-8,11,13-17H2,1-3H3,(H,25,26)(H,27,28). The highest BCUT2D eigenvalue weighted by molar-refractivity contribution is 5.77. The van der Waals surface area contributed by atoms with Gasteiger partial charge in [0.05, 0.1) is 10.8 Å². The van der Waals surface area contributed by atoms with Crippen LogP contribution < -0.4 is 0 Å². The summed E-state index contributed by atoms with van der Waals surface area (Å²) in [6, 6.07) is 6.48. The van der Waals surface area contributed by atoms with Gasteiger partial charge in [0.25, 0.3) is 0 Å². The summed E-state index contributed by atoms with van der Waals surface area (Å²) in [6.07, 6.45) is 10.4. The molecule has 0 unspecified atom stereocenters. The first-order valence-corrected chi connectivity index (χ1v) is 10.7. The molecular formula is C24H36O4. The van der Waals surface area contributed by atoms with Crippen molar-refractivity contribution in [2.45, 2.75) is 91.4 Å². The minimum atomic E-state index is -0.722. The predicted octanol–water partition coefficient (Wildman–Crippen LogP) is 5.79. The van der Waals surface area contributed by atoms with Crippen LogP contribution in [0.1, 0.15) is 88.3 Å². The number of unbranched alkanes of at least 4 members (excludes halogenated alkanes) is 3. The van der Waals surface area contributed by atoms with Gasteiger partial charge in [-0.25, -0.2) is 0 Å². The van der Waals surface area contributed by atoms with Crippen LogP contribution in [-0.4, -0.2) is 22.2 Å². The molecule has 0 amide bonds. The molecule has 0 saturated heterocycles. The molecule has 0 radical (unpaired) electrons. The smallest absolute Gasteiger partial charge is 0.309 e. The Labute approximate surface area is 169 Å². The van der Waals surface area contributed by atoms with E-state index in [4.69, 9.17) is 0 Å². The minimum Gasteiger partial charge on any atom is -0.481 e. The molecule has 4 nitrogen and oxygen atoms in total. The van der Waals surface area contributed by atoms with E-state index in [-0.39, 0.29) is 0 Å². The van der Waals surface area contributed by atoms with Crippen LogP contribution >= 0.6 is 0 Å². The second-order valence-corrected chi connectivity index (χ2v) is 9.25. The monoisotopic (exact) mass is 388 g/mol. The van der Waals surface area contributed by atoms with Crippen molar-refractivity contribution in [2.75, 3.05) is 0 Å². The average molecular weight is 389 g/mol. The van der Waals surface area contributed by atoms with Crippen LogP contribution in [0.25, 0.3) is 0 Å². The van der Waals surface area contributed by atoms with Crippen LogP contribution in [0.15, 0.2) is 18.2 Å². The third-order valence-corrected chi connectivity index (χ3v) is 6.47. The topological polar surface area (TPSA) is 74.6 Å². The summed E-state index contributed by atoms with van der Waals surface area (Å²) in [5.41, 5.74) is 3.09. The molecule has 2 rings (SSSR count). The Morgan fingerprint density at radius 1 is 1.00 bits per heavy atom. The maximum Gasteiger partial charge on any atom is 0.309 e. The lowest BCUT2D eigenvalue weighted by molar-refractivity contribution is -0.147. The predicted molar refractivity (Wildman–Crippen MR) is 112 cm³/mol. The first-order valence-electron chi connectivity index (χ1n) is 10.7. The third kappa shape index (κ3) is 6.08. The molecule has 0 atom stereocenters. The summed E-state index contributed by atoms with van der Waals surface area (Å²) in [5.74, 6) is -1.33. The second kappa shape index (κ2) is 9.58. The molecular weight excluding hydrogens is 352 g/mol. The van der Waals surface area contributed by atoms with Crippen molar-refractivity contribution in [3.05, 3.63) is 34.9 Å². The van der Waals surface area contributed by atoms with E-state index in [9.17, 15) is 19.8 Å². The summed E-state index contributed by atoms with van der Waals surface area (Å²) in [5, 5.41) is 18.5. The Balaban J connectivity index is 1.77. The van der Waals surface area contributed by atoms with Crippen LogP contribution in [0.5, 0.6) is 0 Å². The number of carboxylic acids is 2. The lowest BCUT2D eigenvalue weighted by Crippen LogP contribution is -2.23. The quantitative estimate of drug-likeness (QED) is 0.420. The van der Waals surface area contributed by atoms with E-state index in [1.165, 1.54) is 16.7 Å². The number of hydrogen-bond acceptors (Lipinski definition) is 2. The zero-order valence-corrected chi connectivity index (χ0v) is 17.7. The largest absolute Gasteiger partial charge is 0.481 e. The highest BCUT2D eigenvalue weighted by Gasteiger charge is 2.49. The van der Waals surface area contributed by atoms with Crippen LogP contribution in [0, 0.1) is 17.8 Å². The van der Waals surface area contributed by atoms with E-state index in [0.29, 0.717) is 6.42 Å². The van der Waals surface area contributed by atoms with Gasteiger partial charge < -0.3 is 10.2 Å². The first kappa shape index (κ1) is 22.4. The minimum absolute atomic E-state index is 0.391. The van der Waals surface area contributed by atoms with E-state index in [1.54, 1.807) is 13.8 Å². The molecule has 0 bridgehead atoms. The molecule has 0 heterocycles. The molecule has 4 heteroatoms. The number of aryl methyl sites for hydroxylation is 2. The van der Waals surface area contributed by atoms with Gasteiger partial charge in [-0.2, -0.15) is 0 Å².